The lowest BCUT2D eigenvalue weighted by Gasteiger charge is -2.53. The van der Waals surface area contributed by atoms with Crippen LogP contribution in [0.5, 0.6) is 0 Å². The third kappa shape index (κ3) is 2.80. The van der Waals surface area contributed by atoms with Crippen LogP contribution in [-0.4, -0.2) is 24.9 Å². The molecule has 0 amide bonds. The van der Waals surface area contributed by atoms with Crippen LogP contribution in [0.4, 0.5) is 0 Å². The Bertz CT molecular complexity index is 335. The molecule has 0 radical (unpaired) electrons. The summed E-state index contributed by atoms with van der Waals surface area (Å²) in [5.41, 5.74) is 0.688. The predicted octanol–water partition coefficient (Wildman–Crippen LogP) is 4.35. The van der Waals surface area contributed by atoms with Crippen molar-refractivity contribution in [2.75, 3.05) is 17.3 Å². The van der Waals surface area contributed by atoms with E-state index < -0.39 is 10.8 Å². The molecule has 0 saturated carbocycles. The molecule has 3 heterocycles. The van der Waals surface area contributed by atoms with Gasteiger partial charge in [0.1, 0.15) is 3.41 Å². The van der Waals surface area contributed by atoms with Crippen molar-refractivity contribution in [3.8, 4) is 0 Å². The van der Waals surface area contributed by atoms with Crippen LogP contribution in [0.3, 0.4) is 0 Å². The first-order chi connectivity index (χ1) is 8.19. The lowest BCUT2D eigenvalue weighted by Crippen LogP contribution is -2.54. The molecule has 3 aliphatic rings. The molecule has 18 heavy (non-hydrogen) atoms. The fourth-order valence-electron chi connectivity index (χ4n) is 2.46. The van der Waals surface area contributed by atoms with Gasteiger partial charge >= 0.3 is 0 Å². The van der Waals surface area contributed by atoms with Crippen LogP contribution in [0.2, 0.25) is 0 Å². The number of fused-ring (bicyclic) bond motifs is 3. The summed E-state index contributed by atoms with van der Waals surface area (Å²) in [6.07, 6.45) is 2.28. The molecule has 1 unspecified atom stereocenters. The monoisotopic (exact) mass is 306 g/mol. The standard InChI is InChI=1S/C14H26OS3/c1-11(2)13-8-16-14(17-9-13,18(15)10-13)7-6-12(3,4)5/h11H,6-10H2,1-5H3. The van der Waals surface area contributed by atoms with Gasteiger partial charge in [0.15, 0.2) is 0 Å². The maximum atomic E-state index is 12.7. The van der Waals surface area contributed by atoms with E-state index in [9.17, 15) is 4.21 Å². The van der Waals surface area contributed by atoms with Crippen LogP contribution in [0.15, 0.2) is 0 Å². The first-order valence-corrected chi connectivity index (χ1v) is 10.1. The number of rotatable bonds is 3. The predicted molar refractivity (Wildman–Crippen MR) is 86.6 cm³/mol. The average molecular weight is 307 g/mol. The van der Waals surface area contributed by atoms with Crippen molar-refractivity contribution in [3.63, 3.8) is 0 Å². The summed E-state index contributed by atoms with van der Waals surface area (Å²) in [4.78, 5) is 0. The summed E-state index contributed by atoms with van der Waals surface area (Å²) in [5.74, 6) is 4.03. The lowest BCUT2D eigenvalue weighted by atomic mass is 9.82. The molecule has 1 nitrogen and oxygen atoms in total. The molecular weight excluding hydrogens is 280 g/mol. The van der Waals surface area contributed by atoms with E-state index in [1.807, 2.05) is 23.5 Å². The van der Waals surface area contributed by atoms with Gasteiger partial charge in [0.05, 0.1) is 0 Å². The Labute approximate surface area is 123 Å². The molecule has 3 rings (SSSR count). The summed E-state index contributed by atoms with van der Waals surface area (Å²) in [6.45, 7) is 11.4. The Morgan fingerprint density at radius 3 is 2.17 bits per heavy atom. The van der Waals surface area contributed by atoms with E-state index in [4.69, 9.17) is 0 Å². The van der Waals surface area contributed by atoms with Crippen molar-refractivity contribution in [2.24, 2.45) is 16.7 Å². The highest BCUT2D eigenvalue weighted by Crippen LogP contribution is 2.60. The molecule has 0 aromatic heterocycles. The zero-order valence-electron chi connectivity index (χ0n) is 12.2. The average Bonchev–Trinajstić information content (AvgIpc) is 2.27. The van der Waals surface area contributed by atoms with Gasteiger partial charge in [-0.3, -0.25) is 4.21 Å². The highest BCUT2D eigenvalue weighted by atomic mass is 32.3. The Morgan fingerprint density at radius 1 is 1.22 bits per heavy atom. The van der Waals surface area contributed by atoms with E-state index in [-0.39, 0.29) is 3.41 Å². The van der Waals surface area contributed by atoms with Gasteiger partial charge in [0.25, 0.3) is 0 Å². The first kappa shape index (κ1) is 15.2. The van der Waals surface area contributed by atoms with Crippen LogP contribution >= 0.6 is 23.5 Å². The minimum atomic E-state index is -0.656. The molecule has 3 fully saturated rings. The largest absolute Gasteiger partial charge is 0.257 e. The second-order valence-corrected chi connectivity index (χ2v) is 12.3. The first-order valence-electron chi connectivity index (χ1n) is 6.86. The van der Waals surface area contributed by atoms with Gasteiger partial charge in [0, 0.05) is 33.5 Å². The van der Waals surface area contributed by atoms with Crippen molar-refractivity contribution in [2.45, 2.75) is 50.9 Å². The van der Waals surface area contributed by atoms with Gasteiger partial charge in [-0.1, -0.05) is 34.6 Å². The zero-order valence-corrected chi connectivity index (χ0v) is 14.7. The van der Waals surface area contributed by atoms with Crippen molar-refractivity contribution < 1.29 is 4.21 Å². The van der Waals surface area contributed by atoms with E-state index in [1.165, 1.54) is 17.9 Å². The summed E-state index contributed by atoms with van der Waals surface area (Å²) < 4.78 is 12.7. The van der Waals surface area contributed by atoms with E-state index in [2.05, 4.69) is 34.6 Å². The van der Waals surface area contributed by atoms with Crippen molar-refractivity contribution in [1.29, 1.82) is 0 Å². The Morgan fingerprint density at radius 2 is 1.78 bits per heavy atom. The summed E-state index contributed by atoms with van der Waals surface area (Å²) in [5, 5.41) is 0. The van der Waals surface area contributed by atoms with E-state index in [0.29, 0.717) is 16.7 Å². The van der Waals surface area contributed by atoms with Gasteiger partial charge in [-0.2, -0.15) is 0 Å². The molecule has 4 heteroatoms. The molecule has 106 valence electrons. The van der Waals surface area contributed by atoms with Gasteiger partial charge in [-0.25, -0.2) is 0 Å². The van der Waals surface area contributed by atoms with Crippen LogP contribution < -0.4 is 0 Å². The molecule has 1 atom stereocenters. The van der Waals surface area contributed by atoms with Gasteiger partial charge < -0.3 is 0 Å². The van der Waals surface area contributed by atoms with Crippen molar-refractivity contribution in [3.05, 3.63) is 0 Å². The minimum absolute atomic E-state index is 0.0178. The molecule has 2 bridgehead atoms. The summed E-state index contributed by atoms with van der Waals surface area (Å²) in [6, 6.07) is 0. The van der Waals surface area contributed by atoms with Gasteiger partial charge in [-0.05, 0) is 24.2 Å². The third-order valence-electron chi connectivity index (χ3n) is 4.33. The van der Waals surface area contributed by atoms with Gasteiger partial charge in [-0.15, -0.1) is 23.5 Å². The Balaban J connectivity index is 2.08. The number of thioether (sulfide) groups is 2. The Kier molecular flexibility index (Phi) is 4.23. The molecule has 3 aliphatic heterocycles. The third-order valence-corrected chi connectivity index (χ3v) is 11.3. The maximum absolute atomic E-state index is 12.7. The molecular formula is C14H26OS3. The Hall–Kier alpha value is 0.850. The normalized spacial score (nSPS) is 40.4. The highest BCUT2D eigenvalue weighted by Gasteiger charge is 2.55. The van der Waals surface area contributed by atoms with Crippen molar-refractivity contribution >= 4 is 34.3 Å². The molecule has 0 aliphatic carbocycles. The molecule has 0 N–H and O–H groups in total. The summed E-state index contributed by atoms with van der Waals surface area (Å²) >= 11 is 4.00. The van der Waals surface area contributed by atoms with E-state index >= 15 is 0 Å². The van der Waals surface area contributed by atoms with Crippen LogP contribution in [0.1, 0.15) is 47.5 Å². The fourth-order valence-corrected chi connectivity index (χ4v) is 9.49. The number of hydrogen-bond acceptors (Lipinski definition) is 3. The molecule has 3 saturated heterocycles. The zero-order chi connectivity index (χ0) is 13.6. The molecule has 0 aromatic carbocycles. The maximum Gasteiger partial charge on any atom is 0.136 e. The van der Waals surface area contributed by atoms with E-state index in [1.54, 1.807) is 0 Å². The number of hydrogen-bond donors (Lipinski definition) is 0. The SMILES string of the molecule is CC(C)C12CSC(CCC(C)(C)C)(SC1)S(=O)C2. The van der Waals surface area contributed by atoms with Crippen molar-refractivity contribution in [1.82, 2.24) is 0 Å². The summed E-state index contributed by atoms with van der Waals surface area (Å²) in [7, 11) is -0.656. The second kappa shape index (κ2) is 5.00. The van der Waals surface area contributed by atoms with Crippen LogP contribution in [0.25, 0.3) is 0 Å². The molecule has 0 spiro atoms. The second-order valence-electron chi connectivity index (χ2n) is 7.33. The van der Waals surface area contributed by atoms with E-state index in [0.717, 1.165) is 12.2 Å². The van der Waals surface area contributed by atoms with Gasteiger partial charge in [0.2, 0.25) is 0 Å². The lowest BCUT2D eigenvalue weighted by molar-refractivity contribution is 0.294. The molecule has 0 aromatic rings. The quantitative estimate of drug-likeness (QED) is 0.771. The highest BCUT2D eigenvalue weighted by molar-refractivity contribution is 8.31. The van der Waals surface area contributed by atoms with Crippen LogP contribution in [0, 0.1) is 16.7 Å². The minimum Gasteiger partial charge on any atom is -0.257 e. The topological polar surface area (TPSA) is 17.1 Å². The smallest absolute Gasteiger partial charge is 0.136 e. The van der Waals surface area contributed by atoms with Crippen LogP contribution in [-0.2, 0) is 10.8 Å². The fraction of sp³-hybridized carbons (Fsp3) is 1.00.